The SMILES string of the molecule is O=C(C1CNC1)N1CCc2nc(NC3CCCCC3)n(-c3ccccc3)c(=O)c2C1. The Hall–Kier alpha value is -2.67. The molecule has 30 heavy (non-hydrogen) atoms. The van der Waals surface area contributed by atoms with E-state index >= 15 is 0 Å². The number of amides is 1. The summed E-state index contributed by atoms with van der Waals surface area (Å²) in [5, 5.41) is 6.73. The first-order valence-corrected chi connectivity index (χ1v) is 11.2. The van der Waals surface area contributed by atoms with E-state index in [-0.39, 0.29) is 17.4 Å². The number of carbonyl (C=O) groups is 1. The topological polar surface area (TPSA) is 79.3 Å². The minimum atomic E-state index is -0.0613. The Bertz CT molecular complexity index is 977. The zero-order valence-corrected chi connectivity index (χ0v) is 17.3. The molecule has 3 aliphatic rings. The van der Waals surface area contributed by atoms with Gasteiger partial charge in [-0.05, 0) is 25.0 Å². The fourth-order valence-electron chi connectivity index (χ4n) is 4.73. The van der Waals surface area contributed by atoms with Crippen LogP contribution in [0.15, 0.2) is 35.1 Å². The third kappa shape index (κ3) is 3.62. The van der Waals surface area contributed by atoms with Crippen LogP contribution in [0.3, 0.4) is 0 Å². The average Bonchev–Trinajstić information content (AvgIpc) is 2.74. The number of nitrogens with zero attached hydrogens (tertiary/aromatic N) is 3. The van der Waals surface area contributed by atoms with Gasteiger partial charge in [-0.2, -0.15) is 0 Å². The van der Waals surface area contributed by atoms with Crippen molar-refractivity contribution < 1.29 is 4.79 Å². The molecule has 158 valence electrons. The Morgan fingerprint density at radius 2 is 1.87 bits per heavy atom. The normalized spacial score (nSPS) is 19.8. The third-order valence-electron chi connectivity index (χ3n) is 6.62. The Kier molecular flexibility index (Phi) is 5.29. The number of aromatic nitrogens is 2. The number of nitrogens with one attached hydrogen (secondary N) is 2. The van der Waals surface area contributed by atoms with Gasteiger partial charge in [0.1, 0.15) is 0 Å². The summed E-state index contributed by atoms with van der Waals surface area (Å²) in [6, 6.07) is 10.0. The quantitative estimate of drug-likeness (QED) is 0.811. The fraction of sp³-hybridized carbons (Fsp3) is 0.522. The van der Waals surface area contributed by atoms with Gasteiger partial charge in [-0.25, -0.2) is 9.55 Å². The minimum absolute atomic E-state index is 0.0445. The zero-order chi connectivity index (χ0) is 20.5. The van der Waals surface area contributed by atoms with Gasteiger partial charge in [-0.3, -0.25) is 9.59 Å². The maximum Gasteiger partial charge on any atom is 0.264 e. The van der Waals surface area contributed by atoms with Crippen molar-refractivity contribution in [2.75, 3.05) is 25.0 Å². The van der Waals surface area contributed by atoms with Crippen LogP contribution in [-0.4, -0.2) is 46.0 Å². The summed E-state index contributed by atoms with van der Waals surface area (Å²) in [7, 11) is 0. The second-order valence-electron chi connectivity index (χ2n) is 8.68. The molecular formula is C23H29N5O2. The second-order valence-corrected chi connectivity index (χ2v) is 8.68. The van der Waals surface area contributed by atoms with Gasteiger partial charge in [0.15, 0.2) is 0 Å². The number of para-hydroxylation sites is 1. The van der Waals surface area contributed by atoms with Gasteiger partial charge in [-0.1, -0.05) is 37.5 Å². The largest absolute Gasteiger partial charge is 0.353 e. The molecule has 0 radical (unpaired) electrons. The van der Waals surface area contributed by atoms with Crippen LogP contribution in [0.2, 0.25) is 0 Å². The van der Waals surface area contributed by atoms with Crippen molar-refractivity contribution in [3.63, 3.8) is 0 Å². The molecule has 1 saturated carbocycles. The van der Waals surface area contributed by atoms with Crippen molar-refractivity contribution in [1.29, 1.82) is 0 Å². The number of fused-ring (bicyclic) bond motifs is 1. The molecule has 1 aromatic heterocycles. The molecule has 2 aliphatic heterocycles. The molecule has 2 aromatic rings. The Labute approximate surface area is 176 Å². The predicted molar refractivity (Wildman–Crippen MR) is 116 cm³/mol. The lowest BCUT2D eigenvalue weighted by molar-refractivity contribution is -0.138. The van der Waals surface area contributed by atoms with Crippen LogP contribution in [-0.2, 0) is 17.8 Å². The van der Waals surface area contributed by atoms with E-state index in [0.717, 1.165) is 37.3 Å². The molecule has 5 rings (SSSR count). The van der Waals surface area contributed by atoms with Crippen LogP contribution in [0.1, 0.15) is 43.4 Å². The molecular weight excluding hydrogens is 378 g/mol. The van der Waals surface area contributed by atoms with Crippen molar-refractivity contribution >= 4 is 11.9 Å². The van der Waals surface area contributed by atoms with Crippen LogP contribution in [0, 0.1) is 5.92 Å². The Morgan fingerprint density at radius 3 is 2.57 bits per heavy atom. The first-order chi connectivity index (χ1) is 14.7. The predicted octanol–water partition coefficient (Wildman–Crippen LogP) is 2.08. The molecule has 7 nitrogen and oxygen atoms in total. The lowest BCUT2D eigenvalue weighted by atomic mass is 9.95. The first kappa shape index (κ1) is 19.3. The summed E-state index contributed by atoms with van der Waals surface area (Å²) in [5.74, 6) is 0.831. The highest BCUT2D eigenvalue weighted by Crippen LogP contribution is 2.24. The highest BCUT2D eigenvalue weighted by molar-refractivity contribution is 5.80. The van der Waals surface area contributed by atoms with E-state index < -0.39 is 0 Å². The number of rotatable bonds is 4. The molecule has 0 atom stereocenters. The second kappa shape index (κ2) is 8.22. The monoisotopic (exact) mass is 407 g/mol. The summed E-state index contributed by atoms with van der Waals surface area (Å²) in [4.78, 5) is 33.1. The smallest absolute Gasteiger partial charge is 0.264 e. The van der Waals surface area contributed by atoms with Gasteiger partial charge in [0.2, 0.25) is 11.9 Å². The fourth-order valence-corrected chi connectivity index (χ4v) is 4.73. The van der Waals surface area contributed by atoms with E-state index in [1.54, 1.807) is 4.57 Å². The van der Waals surface area contributed by atoms with E-state index in [1.165, 1.54) is 19.3 Å². The summed E-state index contributed by atoms with van der Waals surface area (Å²) in [6.07, 6.45) is 6.56. The number of benzene rings is 1. The first-order valence-electron chi connectivity index (χ1n) is 11.2. The maximum atomic E-state index is 13.6. The van der Waals surface area contributed by atoms with E-state index in [4.69, 9.17) is 4.98 Å². The van der Waals surface area contributed by atoms with Gasteiger partial charge in [0.25, 0.3) is 5.56 Å². The molecule has 1 saturated heterocycles. The van der Waals surface area contributed by atoms with Gasteiger partial charge >= 0.3 is 0 Å². The summed E-state index contributed by atoms with van der Waals surface area (Å²) < 4.78 is 1.70. The van der Waals surface area contributed by atoms with Crippen molar-refractivity contribution in [1.82, 2.24) is 19.8 Å². The number of anilines is 1. The third-order valence-corrected chi connectivity index (χ3v) is 6.62. The lowest BCUT2D eigenvalue weighted by Crippen LogP contribution is -2.53. The summed E-state index contributed by atoms with van der Waals surface area (Å²) in [6.45, 7) is 2.46. The van der Waals surface area contributed by atoms with Crippen LogP contribution in [0.25, 0.3) is 5.69 Å². The molecule has 0 unspecified atom stereocenters. The van der Waals surface area contributed by atoms with Crippen molar-refractivity contribution in [3.05, 3.63) is 51.9 Å². The maximum absolute atomic E-state index is 13.6. The highest BCUT2D eigenvalue weighted by atomic mass is 16.2. The molecule has 0 spiro atoms. The van der Waals surface area contributed by atoms with E-state index in [0.29, 0.717) is 37.1 Å². The van der Waals surface area contributed by atoms with Crippen LogP contribution in [0.4, 0.5) is 5.95 Å². The van der Waals surface area contributed by atoms with E-state index in [9.17, 15) is 9.59 Å². The van der Waals surface area contributed by atoms with E-state index in [1.807, 2.05) is 35.2 Å². The molecule has 7 heteroatoms. The molecule has 2 fully saturated rings. The van der Waals surface area contributed by atoms with Crippen molar-refractivity contribution in [2.24, 2.45) is 5.92 Å². The number of carbonyl (C=O) groups excluding carboxylic acids is 1. The summed E-state index contributed by atoms with van der Waals surface area (Å²) in [5.41, 5.74) is 2.23. The van der Waals surface area contributed by atoms with Crippen LogP contribution >= 0.6 is 0 Å². The van der Waals surface area contributed by atoms with Gasteiger partial charge in [0, 0.05) is 32.1 Å². The number of hydrogen-bond donors (Lipinski definition) is 2. The van der Waals surface area contributed by atoms with Gasteiger partial charge < -0.3 is 15.5 Å². The molecule has 1 aliphatic carbocycles. The number of hydrogen-bond acceptors (Lipinski definition) is 5. The summed E-state index contributed by atoms with van der Waals surface area (Å²) >= 11 is 0. The molecule has 0 bridgehead atoms. The zero-order valence-electron chi connectivity index (χ0n) is 17.3. The molecule has 2 N–H and O–H groups in total. The van der Waals surface area contributed by atoms with Gasteiger partial charge in [0.05, 0.1) is 29.4 Å². The Morgan fingerprint density at radius 1 is 1.10 bits per heavy atom. The lowest BCUT2D eigenvalue weighted by Gasteiger charge is -2.35. The molecule has 3 heterocycles. The van der Waals surface area contributed by atoms with Gasteiger partial charge in [-0.15, -0.1) is 0 Å². The minimum Gasteiger partial charge on any atom is -0.353 e. The Balaban J connectivity index is 1.52. The van der Waals surface area contributed by atoms with Crippen molar-refractivity contribution in [3.8, 4) is 5.69 Å². The van der Waals surface area contributed by atoms with Crippen LogP contribution < -0.4 is 16.2 Å². The van der Waals surface area contributed by atoms with Crippen LogP contribution in [0.5, 0.6) is 0 Å². The standard InChI is InChI=1S/C23H29N5O2/c29-21(16-13-24-14-16)27-12-11-20-19(15-27)22(30)28(18-9-5-2-6-10-18)23(26-20)25-17-7-3-1-4-8-17/h2,5-6,9-10,16-17,24H,1,3-4,7-8,11-15H2,(H,25,26). The van der Waals surface area contributed by atoms with Crippen molar-refractivity contribution in [2.45, 2.75) is 51.1 Å². The average molecular weight is 408 g/mol. The molecule has 1 aromatic carbocycles. The highest BCUT2D eigenvalue weighted by Gasteiger charge is 2.33. The van der Waals surface area contributed by atoms with E-state index in [2.05, 4.69) is 10.6 Å². The molecule has 1 amide bonds.